The van der Waals surface area contributed by atoms with Crippen LogP contribution in [0.2, 0.25) is 0 Å². The normalized spacial score (nSPS) is 39.5. The van der Waals surface area contributed by atoms with Crippen molar-refractivity contribution in [2.75, 3.05) is 0 Å². The van der Waals surface area contributed by atoms with Crippen molar-refractivity contribution >= 4 is 11.6 Å². The topological polar surface area (TPSA) is 0 Å². The first-order chi connectivity index (χ1) is 2.63. The number of hydrogen-bond donors (Lipinski definition) is 0. The molecule has 0 aromatic heterocycles. The van der Waals surface area contributed by atoms with Crippen molar-refractivity contribution in [2.45, 2.75) is 25.6 Å². The third-order valence-corrected chi connectivity index (χ3v) is 2.14. The van der Waals surface area contributed by atoms with Crippen LogP contribution in [0, 0.1) is 5.41 Å². The van der Waals surface area contributed by atoms with Crippen molar-refractivity contribution in [2.24, 2.45) is 5.41 Å². The van der Waals surface area contributed by atoms with Crippen LogP contribution in [0.4, 0.5) is 0 Å². The van der Waals surface area contributed by atoms with Gasteiger partial charge in [0.25, 0.3) is 0 Å². The summed E-state index contributed by atoms with van der Waals surface area (Å²) >= 11 is 5.68. The fourth-order valence-corrected chi connectivity index (χ4v) is 0.801. The molecule has 1 rings (SSSR count). The molecule has 1 unspecified atom stereocenters. The predicted molar refractivity (Wildman–Crippen MR) is 28.0 cm³/mol. The second-order valence-corrected chi connectivity index (χ2v) is 3.19. The zero-order valence-corrected chi connectivity index (χ0v) is 4.92. The van der Waals surface area contributed by atoms with Gasteiger partial charge in [0.05, 0.1) is 0 Å². The fourth-order valence-electron chi connectivity index (χ4n) is 0.403. The van der Waals surface area contributed by atoms with E-state index in [1.54, 1.807) is 0 Å². The summed E-state index contributed by atoms with van der Waals surface area (Å²) in [6.45, 7) is 4.37. The third-order valence-electron chi connectivity index (χ3n) is 1.39. The minimum absolute atomic E-state index is 0.470. The van der Waals surface area contributed by atoms with Gasteiger partial charge in [-0.2, -0.15) is 0 Å². The van der Waals surface area contributed by atoms with Crippen molar-refractivity contribution in [1.82, 2.24) is 0 Å². The Balaban J connectivity index is 2.41. The van der Waals surface area contributed by atoms with E-state index in [1.807, 2.05) is 0 Å². The summed E-state index contributed by atoms with van der Waals surface area (Å²) in [6.07, 6.45) is 1.20. The summed E-state index contributed by atoms with van der Waals surface area (Å²) < 4.78 is 0. The van der Waals surface area contributed by atoms with Gasteiger partial charge in [-0.15, -0.1) is 11.6 Å². The van der Waals surface area contributed by atoms with Gasteiger partial charge in [0.15, 0.2) is 0 Å². The molecule has 0 amide bonds. The minimum atomic E-state index is 0.470. The standard InChI is InChI=1S/C5H9Cl/c1-5(2)3-4(5)6/h4H,3H2,1-2H3. The maximum atomic E-state index is 5.68. The van der Waals surface area contributed by atoms with Gasteiger partial charge in [-0.25, -0.2) is 0 Å². The van der Waals surface area contributed by atoms with Crippen molar-refractivity contribution in [3.8, 4) is 0 Å². The first-order valence-corrected chi connectivity index (χ1v) is 2.71. The third kappa shape index (κ3) is 0.538. The highest BCUT2D eigenvalue weighted by Gasteiger charge is 2.43. The Labute approximate surface area is 43.5 Å². The van der Waals surface area contributed by atoms with Crippen LogP contribution < -0.4 is 0 Å². The van der Waals surface area contributed by atoms with Crippen molar-refractivity contribution < 1.29 is 0 Å². The monoisotopic (exact) mass is 104 g/mol. The molecule has 0 saturated heterocycles. The molecule has 0 bridgehead atoms. The lowest BCUT2D eigenvalue weighted by molar-refractivity contribution is 0.655. The lowest BCUT2D eigenvalue weighted by Crippen LogP contribution is -1.84. The molecule has 1 heteroatoms. The van der Waals surface area contributed by atoms with E-state index in [1.165, 1.54) is 6.42 Å². The van der Waals surface area contributed by atoms with Gasteiger partial charge in [-0.05, 0) is 11.8 Å². The van der Waals surface area contributed by atoms with E-state index in [0.29, 0.717) is 10.8 Å². The smallest absolute Gasteiger partial charge is 0.0393 e. The molecular formula is C5H9Cl. The molecule has 0 aromatic carbocycles. The van der Waals surface area contributed by atoms with E-state index in [2.05, 4.69) is 13.8 Å². The molecule has 6 heavy (non-hydrogen) atoms. The van der Waals surface area contributed by atoms with E-state index < -0.39 is 0 Å². The highest BCUT2D eigenvalue weighted by Crippen LogP contribution is 2.48. The van der Waals surface area contributed by atoms with Crippen LogP contribution in [0.3, 0.4) is 0 Å². The summed E-state index contributed by atoms with van der Waals surface area (Å²) in [5, 5.41) is 0.470. The summed E-state index contributed by atoms with van der Waals surface area (Å²) in [5.41, 5.74) is 0.474. The first-order valence-electron chi connectivity index (χ1n) is 2.27. The lowest BCUT2D eigenvalue weighted by atomic mass is 10.2. The van der Waals surface area contributed by atoms with Crippen LogP contribution >= 0.6 is 11.6 Å². The molecule has 0 N–H and O–H groups in total. The van der Waals surface area contributed by atoms with Gasteiger partial charge in [0.1, 0.15) is 0 Å². The van der Waals surface area contributed by atoms with E-state index in [9.17, 15) is 0 Å². The van der Waals surface area contributed by atoms with Gasteiger partial charge in [0.2, 0.25) is 0 Å². The van der Waals surface area contributed by atoms with Crippen LogP contribution in [0.15, 0.2) is 0 Å². The van der Waals surface area contributed by atoms with Crippen LogP contribution in [0.1, 0.15) is 20.3 Å². The molecule has 0 spiro atoms. The van der Waals surface area contributed by atoms with Gasteiger partial charge >= 0.3 is 0 Å². The number of hydrogen-bond acceptors (Lipinski definition) is 0. The van der Waals surface area contributed by atoms with Crippen LogP contribution in [0.25, 0.3) is 0 Å². The van der Waals surface area contributed by atoms with Gasteiger partial charge in [-0.1, -0.05) is 13.8 Å². The SMILES string of the molecule is CC1(C)CC1Cl. The number of rotatable bonds is 0. The molecule has 1 aliphatic rings. The highest BCUT2D eigenvalue weighted by atomic mass is 35.5. The molecular weight excluding hydrogens is 95.5 g/mol. The van der Waals surface area contributed by atoms with Gasteiger partial charge < -0.3 is 0 Å². The minimum Gasteiger partial charge on any atom is -0.122 e. The van der Waals surface area contributed by atoms with Crippen molar-refractivity contribution in [3.05, 3.63) is 0 Å². The van der Waals surface area contributed by atoms with Crippen LogP contribution in [-0.4, -0.2) is 5.38 Å². The zero-order chi connectivity index (χ0) is 4.78. The molecule has 0 nitrogen and oxygen atoms in total. The van der Waals surface area contributed by atoms with E-state index in [4.69, 9.17) is 11.6 Å². The number of alkyl halides is 1. The Kier molecular flexibility index (Phi) is 0.682. The van der Waals surface area contributed by atoms with Crippen molar-refractivity contribution in [3.63, 3.8) is 0 Å². The maximum absolute atomic E-state index is 5.68. The fraction of sp³-hybridized carbons (Fsp3) is 1.00. The maximum Gasteiger partial charge on any atom is 0.0393 e. The Morgan fingerprint density at radius 3 is 1.83 bits per heavy atom. The van der Waals surface area contributed by atoms with E-state index in [0.717, 1.165) is 0 Å². The first kappa shape index (κ1) is 4.45. The second-order valence-electron chi connectivity index (χ2n) is 2.66. The highest BCUT2D eigenvalue weighted by molar-refractivity contribution is 6.23. The quantitative estimate of drug-likeness (QED) is 0.413. The Morgan fingerprint density at radius 2 is 1.83 bits per heavy atom. The van der Waals surface area contributed by atoms with Crippen molar-refractivity contribution in [1.29, 1.82) is 0 Å². The van der Waals surface area contributed by atoms with Gasteiger partial charge in [-0.3, -0.25) is 0 Å². The summed E-state index contributed by atoms with van der Waals surface area (Å²) in [7, 11) is 0. The molecule has 0 aromatic rings. The molecule has 36 valence electrons. The van der Waals surface area contributed by atoms with Crippen LogP contribution in [0.5, 0.6) is 0 Å². The molecule has 0 aliphatic heterocycles. The van der Waals surface area contributed by atoms with Gasteiger partial charge in [0, 0.05) is 5.38 Å². The molecule has 1 aliphatic carbocycles. The van der Waals surface area contributed by atoms with Crippen LogP contribution in [-0.2, 0) is 0 Å². The summed E-state index contributed by atoms with van der Waals surface area (Å²) in [6, 6.07) is 0. The lowest BCUT2D eigenvalue weighted by Gasteiger charge is -1.90. The molecule has 1 saturated carbocycles. The molecule has 0 heterocycles. The molecule has 1 fully saturated rings. The Morgan fingerprint density at radius 1 is 1.67 bits per heavy atom. The Bertz CT molecular complexity index is 66.3. The van der Waals surface area contributed by atoms with E-state index >= 15 is 0 Å². The zero-order valence-electron chi connectivity index (χ0n) is 4.16. The summed E-state index contributed by atoms with van der Waals surface area (Å²) in [5.74, 6) is 0. The predicted octanol–water partition coefficient (Wildman–Crippen LogP) is 2.02. The average Bonchev–Trinajstić information content (AvgIpc) is 1.73. The molecule has 0 radical (unpaired) electrons. The van der Waals surface area contributed by atoms with E-state index in [-0.39, 0.29) is 0 Å². The molecule has 1 atom stereocenters. The number of halogens is 1. The average molecular weight is 105 g/mol. The summed E-state index contributed by atoms with van der Waals surface area (Å²) in [4.78, 5) is 0. The Hall–Kier alpha value is 0.290. The largest absolute Gasteiger partial charge is 0.122 e. The second kappa shape index (κ2) is 0.919.